The quantitative estimate of drug-likeness (QED) is 0.888. The molecule has 2 rings (SSSR count). The van der Waals surface area contributed by atoms with Crippen molar-refractivity contribution in [2.24, 2.45) is 0 Å². The van der Waals surface area contributed by atoms with Crippen LogP contribution in [0.2, 0.25) is 0 Å². The summed E-state index contributed by atoms with van der Waals surface area (Å²) >= 11 is 0. The molecule has 0 bridgehead atoms. The minimum atomic E-state index is 0. The summed E-state index contributed by atoms with van der Waals surface area (Å²) in [6, 6.07) is 6.47. The van der Waals surface area contributed by atoms with Gasteiger partial charge in [-0.3, -0.25) is 0 Å². The van der Waals surface area contributed by atoms with Crippen molar-refractivity contribution in [2.75, 3.05) is 19.6 Å². The summed E-state index contributed by atoms with van der Waals surface area (Å²) in [6.45, 7) is 3.14. The normalized spacial score (nSPS) is 17.1. The summed E-state index contributed by atoms with van der Waals surface area (Å²) in [4.78, 5) is 3.96. The smallest absolute Gasteiger partial charge is 0.140 e. The van der Waals surface area contributed by atoms with Gasteiger partial charge in [-0.25, -0.2) is 4.98 Å². The third kappa shape index (κ3) is 6.95. The zero-order chi connectivity index (χ0) is 11.2. The monoisotopic (exact) mass is 324 g/mol. The van der Waals surface area contributed by atoms with Crippen LogP contribution in [0.3, 0.4) is 0 Å². The Kier molecular flexibility index (Phi) is 12.3. The summed E-state index contributed by atoms with van der Waals surface area (Å²) in [7, 11) is 0. The summed E-state index contributed by atoms with van der Waals surface area (Å²) in [5.74, 6) is 0. The lowest BCUT2D eigenvalue weighted by molar-refractivity contribution is 0.399. The second-order valence-corrected chi connectivity index (χ2v) is 4.05. The maximum absolute atomic E-state index is 8.74. The number of piperazine rings is 1. The molecule has 0 aliphatic carbocycles. The van der Waals surface area contributed by atoms with E-state index in [0.29, 0.717) is 11.7 Å². The molecular weight excluding hydrogens is 307 g/mol. The van der Waals surface area contributed by atoms with Crippen molar-refractivity contribution < 1.29 is 0 Å². The van der Waals surface area contributed by atoms with Gasteiger partial charge in [-0.05, 0) is 30.5 Å². The number of aromatic nitrogens is 1. The van der Waals surface area contributed by atoms with Crippen LogP contribution in [0.1, 0.15) is 17.7 Å². The fraction of sp³-hybridized carbons (Fsp3) is 0.500. The van der Waals surface area contributed by atoms with Gasteiger partial charge in [-0.15, -0.1) is 37.2 Å². The van der Waals surface area contributed by atoms with Crippen molar-refractivity contribution in [1.82, 2.24) is 15.6 Å². The van der Waals surface area contributed by atoms with Crippen LogP contribution in [0.25, 0.3) is 0 Å². The molecule has 19 heavy (non-hydrogen) atoms. The van der Waals surface area contributed by atoms with Crippen LogP contribution in [-0.4, -0.2) is 30.7 Å². The van der Waals surface area contributed by atoms with Gasteiger partial charge < -0.3 is 10.6 Å². The van der Waals surface area contributed by atoms with E-state index in [1.165, 1.54) is 5.56 Å². The molecule has 1 unspecified atom stereocenters. The number of nitrogens with zero attached hydrogens (tertiary/aromatic N) is 2. The van der Waals surface area contributed by atoms with E-state index in [4.69, 9.17) is 5.26 Å². The van der Waals surface area contributed by atoms with Gasteiger partial charge in [0, 0.05) is 31.9 Å². The van der Waals surface area contributed by atoms with Gasteiger partial charge in [-0.2, -0.15) is 5.26 Å². The van der Waals surface area contributed by atoms with E-state index in [1.807, 2.05) is 12.1 Å². The van der Waals surface area contributed by atoms with Crippen LogP contribution in [-0.2, 0) is 6.42 Å². The fourth-order valence-corrected chi connectivity index (χ4v) is 1.95. The van der Waals surface area contributed by atoms with Crippen molar-refractivity contribution in [3.63, 3.8) is 0 Å². The highest BCUT2D eigenvalue weighted by molar-refractivity contribution is 5.86. The van der Waals surface area contributed by atoms with Gasteiger partial charge in [0.05, 0.1) is 0 Å². The lowest BCUT2D eigenvalue weighted by Crippen LogP contribution is -2.48. The van der Waals surface area contributed by atoms with Gasteiger partial charge in [0.15, 0.2) is 0 Å². The van der Waals surface area contributed by atoms with E-state index < -0.39 is 0 Å². The SMILES string of the molecule is Cl.Cl.Cl.N#Cc1cc(CCC2CNCCN2)ccn1. The Bertz CT molecular complexity index is 389. The van der Waals surface area contributed by atoms with E-state index in [9.17, 15) is 0 Å². The molecule has 1 saturated heterocycles. The molecule has 1 fully saturated rings. The number of hydrogen-bond acceptors (Lipinski definition) is 4. The Morgan fingerprint density at radius 1 is 1.32 bits per heavy atom. The van der Waals surface area contributed by atoms with Crippen molar-refractivity contribution in [1.29, 1.82) is 5.26 Å². The predicted octanol–water partition coefficient (Wildman–Crippen LogP) is 1.71. The minimum absolute atomic E-state index is 0. The number of hydrogen-bond donors (Lipinski definition) is 2. The zero-order valence-electron chi connectivity index (χ0n) is 10.5. The van der Waals surface area contributed by atoms with Crippen molar-refractivity contribution in [3.8, 4) is 6.07 Å². The molecular formula is C12H19Cl3N4. The van der Waals surface area contributed by atoms with Gasteiger partial charge in [0.25, 0.3) is 0 Å². The highest BCUT2D eigenvalue weighted by Gasteiger charge is 2.11. The number of halogens is 3. The molecule has 1 aromatic rings. The molecule has 1 aromatic heterocycles. The van der Waals surface area contributed by atoms with E-state index >= 15 is 0 Å². The Morgan fingerprint density at radius 2 is 2.11 bits per heavy atom. The number of rotatable bonds is 3. The maximum atomic E-state index is 8.74. The molecule has 1 atom stereocenters. The number of nitriles is 1. The predicted molar refractivity (Wildman–Crippen MR) is 83.7 cm³/mol. The molecule has 2 heterocycles. The van der Waals surface area contributed by atoms with E-state index in [2.05, 4.69) is 21.7 Å². The van der Waals surface area contributed by atoms with Crippen LogP contribution in [0, 0.1) is 11.3 Å². The Balaban J connectivity index is 0. The maximum Gasteiger partial charge on any atom is 0.140 e. The number of pyridine rings is 1. The van der Waals surface area contributed by atoms with Crippen molar-refractivity contribution in [3.05, 3.63) is 29.6 Å². The Morgan fingerprint density at radius 3 is 2.74 bits per heavy atom. The average molecular weight is 326 g/mol. The van der Waals surface area contributed by atoms with E-state index in [1.54, 1.807) is 6.20 Å². The fourth-order valence-electron chi connectivity index (χ4n) is 1.95. The topological polar surface area (TPSA) is 60.7 Å². The molecule has 2 N–H and O–H groups in total. The van der Waals surface area contributed by atoms with Crippen molar-refractivity contribution in [2.45, 2.75) is 18.9 Å². The molecule has 0 aromatic carbocycles. The largest absolute Gasteiger partial charge is 0.314 e. The van der Waals surface area contributed by atoms with Crippen LogP contribution in [0.4, 0.5) is 0 Å². The molecule has 0 amide bonds. The molecule has 1 aliphatic heterocycles. The second kappa shape index (κ2) is 11.3. The standard InChI is InChI=1S/C12H16N4.3ClH/c13-8-12-7-10(3-4-15-12)1-2-11-9-14-5-6-16-11;;;/h3-4,7,11,14,16H,1-2,5-6,9H2;3*1H. The first-order chi connectivity index (χ1) is 7.88. The van der Waals surface area contributed by atoms with E-state index in [-0.39, 0.29) is 37.2 Å². The van der Waals surface area contributed by atoms with Crippen LogP contribution in [0.15, 0.2) is 18.3 Å². The first kappa shape index (κ1) is 20.7. The lowest BCUT2D eigenvalue weighted by atomic mass is 10.0. The van der Waals surface area contributed by atoms with Gasteiger partial charge in [-0.1, -0.05) is 0 Å². The number of aryl methyl sites for hydroxylation is 1. The molecule has 1 aliphatic rings. The van der Waals surface area contributed by atoms with Crippen LogP contribution < -0.4 is 10.6 Å². The summed E-state index contributed by atoms with van der Waals surface area (Å²) in [5.41, 5.74) is 1.70. The van der Waals surface area contributed by atoms with E-state index in [0.717, 1.165) is 32.5 Å². The molecule has 0 radical (unpaired) electrons. The molecule has 108 valence electrons. The van der Waals surface area contributed by atoms with Gasteiger partial charge >= 0.3 is 0 Å². The zero-order valence-corrected chi connectivity index (χ0v) is 12.9. The van der Waals surface area contributed by atoms with Crippen molar-refractivity contribution >= 4 is 37.2 Å². The molecule has 0 saturated carbocycles. The lowest BCUT2D eigenvalue weighted by Gasteiger charge is -2.24. The number of nitrogens with one attached hydrogen (secondary N) is 2. The first-order valence-corrected chi connectivity index (χ1v) is 5.67. The second-order valence-electron chi connectivity index (χ2n) is 4.05. The summed E-state index contributed by atoms with van der Waals surface area (Å²) in [6.07, 6.45) is 3.80. The molecule has 4 nitrogen and oxygen atoms in total. The van der Waals surface area contributed by atoms with Crippen LogP contribution in [0.5, 0.6) is 0 Å². The highest BCUT2D eigenvalue weighted by atomic mass is 35.5. The van der Waals surface area contributed by atoms with Crippen LogP contribution >= 0.6 is 37.2 Å². The molecule has 0 spiro atoms. The molecule has 7 heteroatoms. The summed E-state index contributed by atoms with van der Waals surface area (Å²) in [5, 5.41) is 15.6. The van der Waals surface area contributed by atoms with Gasteiger partial charge in [0.2, 0.25) is 0 Å². The highest BCUT2D eigenvalue weighted by Crippen LogP contribution is 2.06. The van der Waals surface area contributed by atoms with Gasteiger partial charge in [0.1, 0.15) is 11.8 Å². The Labute approximate surface area is 132 Å². The first-order valence-electron chi connectivity index (χ1n) is 5.67. The third-order valence-electron chi connectivity index (χ3n) is 2.85. The Hall–Kier alpha value is -0.570. The third-order valence-corrected chi connectivity index (χ3v) is 2.85. The average Bonchev–Trinajstić information content (AvgIpc) is 2.38. The summed E-state index contributed by atoms with van der Waals surface area (Å²) < 4.78 is 0. The minimum Gasteiger partial charge on any atom is -0.314 e.